The van der Waals surface area contributed by atoms with Crippen LogP contribution in [-0.4, -0.2) is 30.3 Å². The van der Waals surface area contributed by atoms with E-state index in [1.165, 1.54) is 0 Å². The Labute approximate surface area is 90.4 Å². The van der Waals surface area contributed by atoms with E-state index < -0.39 is 0 Å². The van der Waals surface area contributed by atoms with Crippen molar-refractivity contribution in [1.29, 1.82) is 0 Å². The van der Waals surface area contributed by atoms with Crippen molar-refractivity contribution >= 4 is 11.9 Å². The van der Waals surface area contributed by atoms with Gasteiger partial charge >= 0.3 is 0 Å². The quantitative estimate of drug-likeness (QED) is 0.553. The van der Waals surface area contributed by atoms with Crippen LogP contribution in [0.4, 0.5) is 0 Å². The molecule has 0 atom stereocenters. The van der Waals surface area contributed by atoms with Gasteiger partial charge in [0.25, 0.3) is 0 Å². The molecule has 3 nitrogen and oxygen atoms in total. The van der Waals surface area contributed by atoms with E-state index in [1.54, 1.807) is 6.20 Å². The van der Waals surface area contributed by atoms with E-state index >= 15 is 0 Å². The molecule has 3 heteroatoms. The van der Waals surface area contributed by atoms with Gasteiger partial charge in [0.15, 0.2) is 6.29 Å². The first-order chi connectivity index (χ1) is 7.19. The van der Waals surface area contributed by atoms with Gasteiger partial charge in [0, 0.05) is 38.3 Å². The molecule has 0 fully saturated rings. The number of allylic oxidation sites excluding steroid dienone is 1. The van der Waals surface area contributed by atoms with Crippen molar-refractivity contribution in [3.05, 3.63) is 35.8 Å². The number of aryl methyl sites for hydroxylation is 1. The fourth-order valence-electron chi connectivity index (χ4n) is 1.43. The fraction of sp³-hybridized carbons (Fsp3) is 0.333. The highest BCUT2D eigenvalue weighted by Gasteiger charge is 2.05. The Morgan fingerprint density at radius 2 is 2.27 bits per heavy atom. The standard InChI is InChI=1S/C12H16N2O/c1-4-10-7-13-6-5-12(10)11(9-15)8-14(2)3/h5-9H,4H2,1-3H3. The highest BCUT2D eigenvalue weighted by atomic mass is 16.1. The van der Waals surface area contributed by atoms with E-state index in [2.05, 4.69) is 11.9 Å². The molecule has 0 aliphatic carbocycles. The minimum atomic E-state index is 0.694. The first kappa shape index (κ1) is 11.4. The van der Waals surface area contributed by atoms with Crippen LogP contribution >= 0.6 is 0 Å². The molecule has 0 radical (unpaired) electrons. The maximum Gasteiger partial charge on any atom is 0.152 e. The molecular formula is C12H16N2O. The maximum atomic E-state index is 11.0. The van der Waals surface area contributed by atoms with E-state index in [4.69, 9.17) is 0 Å². The van der Waals surface area contributed by atoms with Crippen LogP contribution in [0.15, 0.2) is 24.7 Å². The lowest BCUT2D eigenvalue weighted by Crippen LogP contribution is -2.04. The zero-order valence-corrected chi connectivity index (χ0v) is 9.40. The number of hydrogen-bond donors (Lipinski definition) is 0. The summed E-state index contributed by atoms with van der Waals surface area (Å²) in [6, 6.07) is 1.88. The second-order valence-electron chi connectivity index (χ2n) is 3.55. The van der Waals surface area contributed by atoms with Crippen LogP contribution in [0.3, 0.4) is 0 Å². The molecule has 0 aliphatic rings. The summed E-state index contributed by atoms with van der Waals surface area (Å²) in [4.78, 5) is 16.9. The number of pyridine rings is 1. The van der Waals surface area contributed by atoms with Gasteiger partial charge in [-0.25, -0.2) is 0 Å². The second kappa shape index (κ2) is 5.29. The van der Waals surface area contributed by atoms with Gasteiger partial charge in [-0.15, -0.1) is 0 Å². The van der Waals surface area contributed by atoms with Gasteiger partial charge in [-0.05, 0) is 23.6 Å². The van der Waals surface area contributed by atoms with Crippen molar-refractivity contribution in [3.63, 3.8) is 0 Å². The van der Waals surface area contributed by atoms with Crippen LogP contribution in [-0.2, 0) is 11.2 Å². The highest BCUT2D eigenvalue weighted by Crippen LogP contribution is 2.17. The molecule has 0 N–H and O–H groups in total. The first-order valence-electron chi connectivity index (χ1n) is 4.95. The summed E-state index contributed by atoms with van der Waals surface area (Å²) >= 11 is 0. The van der Waals surface area contributed by atoms with Gasteiger partial charge in [0.1, 0.15) is 0 Å². The molecule has 0 aromatic carbocycles. The molecule has 0 bridgehead atoms. The molecule has 1 aromatic heterocycles. The van der Waals surface area contributed by atoms with Crippen molar-refractivity contribution in [2.24, 2.45) is 0 Å². The number of carbonyl (C=O) groups is 1. The van der Waals surface area contributed by atoms with Crippen LogP contribution in [0.2, 0.25) is 0 Å². The Balaban J connectivity index is 3.17. The van der Waals surface area contributed by atoms with Gasteiger partial charge in [0.2, 0.25) is 0 Å². The van der Waals surface area contributed by atoms with Crippen molar-refractivity contribution in [3.8, 4) is 0 Å². The predicted molar refractivity (Wildman–Crippen MR) is 61.3 cm³/mol. The highest BCUT2D eigenvalue weighted by molar-refractivity contribution is 6.07. The average Bonchev–Trinajstić information content (AvgIpc) is 2.25. The lowest BCUT2D eigenvalue weighted by Gasteiger charge is -2.10. The zero-order valence-electron chi connectivity index (χ0n) is 9.40. The molecular weight excluding hydrogens is 188 g/mol. The molecule has 0 spiro atoms. The molecule has 15 heavy (non-hydrogen) atoms. The summed E-state index contributed by atoms with van der Waals surface area (Å²) in [6.45, 7) is 2.05. The molecule has 80 valence electrons. The Morgan fingerprint density at radius 3 is 2.80 bits per heavy atom. The molecule has 0 unspecified atom stereocenters. The Bertz CT molecular complexity index is 370. The molecule has 0 amide bonds. The number of carbonyl (C=O) groups excluding carboxylic acids is 1. The largest absolute Gasteiger partial charge is 0.383 e. The SMILES string of the molecule is CCc1cnccc1C(C=O)=CN(C)C. The lowest BCUT2D eigenvalue weighted by atomic mass is 10.0. The Hall–Kier alpha value is -1.64. The number of aldehydes is 1. The third-order valence-corrected chi connectivity index (χ3v) is 2.12. The molecule has 1 heterocycles. The third kappa shape index (κ3) is 2.91. The van der Waals surface area contributed by atoms with Gasteiger partial charge in [-0.2, -0.15) is 0 Å². The topological polar surface area (TPSA) is 33.2 Å². The second-order valence-corrected chi connectivity index (χ2v) is 3.55. The van der Waals surface area contributed by atoms with Gasteiger partial charge in [0.05, 0.1) is 0 Å². The normalized spacial score (nSPS) is 11.3. The summed E-state index contributed by atoms with van der Waals surface area (Å²) in [5.41, 5.74) is 2.76. The summed E-state index contributed by atoms with van der Waals surface area (Å²) < 4.78 is 0. The number of rotatable bonds is 4. The monoisotopic (exact) mass is 204 g/mol. The van der Waals surface area contributed by atoms with Crippen molar-refractivity contribution < 1.29 is 4.79 Å². The third-order valence-electron chi connectivity index (χ3n) is 2.12. The van der Waals surface area contributed by atoms with Crippen molar-refractivity contribution in [1.82, 2.24) is 9.88 Å². The van der Waals surface area contributed by atoms with Crippen LogP contribution in [0.1, 0.15) is 18.1 Å². The molecule has 0 saturated heterocycles. The van der Waals surface area contributed by atoms with E-state index in [-0.39, 0.29) is 0 Å². The van der Waals surface area contributed by atoms with Crippen molar-refractivity contribution in [2.45, 2.75) is 13.3 Å². The molecule has 1 rings (SSSR count). The minimum absolute atomic E-state index is 0.694. The molecule has 1 aromatic rings. The molecule has 0 aliphatic heterocycles. The summed E-state index contributed by atoms with van der Waals surface area (Å²) in [7, 11) is 3.80. The Kier molecular flexibility index (Phi) is 4.03. The number of aromatic nitrogens is 1. The van der Waals surface area contributed by atoms with Crippen LogP contribution in [0, 0.1) is 0 Å². The smallest absolute Gasteiger partial charge is 0.152 e. The Morgan fingerprint density at radius 1 is 1.53 bits per heavy atom. The minimum Gasteiger partial charge on any atom is -0.383 e. The van der Waals surface area contributed by atoms with Gasteiger partial charge < -0.3 is 4.90 Å². The first-order valence-corrected chi connectivity index (χ1v) is 4.95. The van der Waals surface area contributed by atoms with Crippen molar-refractivity contribution in [2.75, 3.05) is 14.1 Å². The van der Waals surface area contributed by atoms with Gasteiger partial charge in [-0.3, -0.25) is 9.78 Å². The van der Waals surface area contributed by atoms with Crippen LogP contribution in [0.5, 0.6) is 0 Å². The summed E-state index contributed by atoms with van der Waals surface area (Å²) in [6.07, 6.45) is 7.10. The maximum absolute atomic E-state index is 11.0. The van der Waals surface area contributed by atoms with E-state index in [9.17, 15) is 4.79 Å². The van der Waals surface area contributed by atoms with Crippen LogP contribution in [0.25, 0.3) is 5.57 Å². The zero-order chi connectivity index (χ0) is 11.3. The van der Waals surface area contributed by atoms with E-state index in [1.807, 2.05) is 37.5 Å². The van der Waals surface area contributed by atoms with Gasteiger partial charge in [-0.1, -0.05) is 6.92 Å². The summed E-state index contributed by atoms with van der Waals surface area (Å²) in [5.74, 6) is 0. The van der Waals surface area contributed by atoms with E-state index in [0.717, 1.165) is 23.8 Å². The average molecular weight is 204 g/mol. The summed E-state index contributed by atoms with van der Waals surface area (Å²) in [5, 5.41) is 0. The van der Waals surface area contributed by atoms with Crippen LogP contribution < -0.4 is 0 Å². The number of hydrogen-bond acceptors (Lipinski definition) is 3. The molecule has 0 saturated carbocycles. The van der Waals surface area contributed by atoms with E-state index in [0.29, 0.717) is 5.57 Å². The number of nitrogens with zero attached hydrogens (tertiary/aromatic N) is 2. The fourth-order valence-corrected chi connectivity index (χ4v) is 1.43. The lowest BCUT2D eigenvalue weighted by molar-refractivity contribution is -0.103. The predicted octanol–water partition coefficient (Wildman–Crippen LogP) is 1.75.